The van der Waals surface area contributed by atoms with Gasteiger partial charge >= 0.3 is 5.97 Å². The number of likely N-dealkylation sites (tertiary alicyclic amines) is 1. The predicted molar refractivity (Wildman–Crippen MR) is 118 cm³/mol. The summed E-state index contributed by atoms with van der Waals surface area (Å²) >= 11 is 0. The monoisotopic (exact) mass is 400 g/mol. The molecule has 0 amide bonds. The van der Waals surface area contributed by atoms with Gasteiger partial charge in [-0.2, -0.15) is 0 Å². The SMILES string of the molecule is CCOC1CCC(C)(N2CCC(Nc3cc(C)ccc3/C=C/C(=O)O)CC2)CC1. The van der Waals surface area contributed by atoms with Crippen LogP contribution in [-0.4, -0.2) is 53.4 Å². The number of rotatable bonds is 7. The molecule has 29 heavy (non-hydrogen) atoms. The van der Waals surface area contributed by atoms with E-state index in [2.05, 4.69) is 37.1 Å². The van der Waals surface area contributed by atoms with Gasteiger partial charge in [0.1, 0.15) is 0 Å². The number of carboxylic acids is 1. The van der Waals surface area contributed by atoms with E-state index < -0.39 is 5.97 Å². The van der Waals surface area contributed by atoms with Gasteiger partial charge in [0.05, 0.1) is 6.10 Å². The lowest BCUT2D eigenvalue weighted by molar-refractivity contribution is -0.131. The number of anilines is 1. The molecule has 0 unspecified atom stereocenters. The van der Waals surface area contributed by atoms with Gasteiger partial charge in [-0.05, 0) is 82.6 Å². The Hall–Kier alpha value is -1.85. The van der Waals surface area contributed by atoms with Crippen molar-refractivity contribution in [3.8, 4) is 0 Å². The fourth-order valence-electron chi connectivity index (χ4n) is 4.82. The molecule has 0 atom stereocenters. The van der Waals surface area contributed by atoms with Crippen molar-refractivity contribution < 1.29 is 14.6 Å². The van der Waals surface area contributed by atoms with E-state index in [0.29, 0.717) is 17.7 Å². The number of carbonyl (C=O) groups is 1. The van der Waals surface area contributed by atoms with Crippen LogP contribution in [0, 0.1) is 6.92 Å². The molecule has 1 aliphatic carbocycles. The second-order valence-corrected chi connectivity index (χ2v) is 8.82. The summed E-state index contributed by atoms with van der Waals surface area (Å²) in [5, 5.41) is 12.6. The van der Waals surface area contributed by atoms with Crippen LogP contribution in [0.2, 0.25) is 0 Å². The molecule has 1 aromatic rings. The molecule has 0 aromatic heterocycles. The first-order valence-electron chi connectivity index (χ1n) is 11.0. The van der Waals surface area contributed by atoms with Crippen molar-refractivity contribution >= 4 is 17.7 Å². The summed E-state index contributed by atoms with van der Waals surface area (Å²) in [4.78, 5) is 13.6. The smallest absolute Gasteiger partial charge is 0.328 e. The zero-order valence-corrected chi connectivity index (χ0v) is 18.1. The Kier molecular flexibility index (Phi) is 7.36. The lowest BCUT2D eigenvalue weighted by Crippen LogP contribution is -2.53. The molecule has 1 aliphatic heterocycles. The second kappa shape index (κ2) is 9.77. The number of ether oxygens (including phenoxy) is 1. The third-order valence-corrected chi connectivity index (χ3v) is 6.64. The number of nitrogens with zero attached hydrogens (tertiary/aromatic N) is 1. The number of nitrogens with one attached hydrogen (secondary N) is 1. The molecular formula is C24H36N2O3. The summed E-state index contributed by atoms with van der Waals surface area (Å²) in [5.74, 6) is -0.919. The molecule has 1 heterocycles. The Morgan fingerprint density at radius 1 is 1.28 bits per heavy atom. The van der Waals surface area contributed by atoms with Crippen LogP contribution >= 0.6 is 0 Å². The van der Waals surface area contributed by atoms with E-state index >= 15 is 0 Å². The Morgan fingerprint density at radius 3 is 2.59 bits per heavy atom. The third-order valence-electron chi connectivity index (χ3n) is 6.64. The molecule has 3 rings (SSSR count). The lowest BCUT2D eigenvalue weighted by Gasteiger charge is -2.48. The summed E-state index contributed by atoms with van der Waals surface area (Å²) < 4.78 is 5.83. The Bertz CT molecular complexity index is 715. The van der Waals surface area contributed by atoms with Crippen molar-refractivity contribution in [1.82, 2.24) is 4.90 Å². The van der Waals surface area contributed by atoms with Crippen molar-refractivity contribution in [1.29, 1.82) is 0 Å². The van der Waals surface area contributed by atoms with Crippen LogP contribution in [0.3, 0.4) is 0 Å². The Labute approximate surface area is 175 Å². The normalized spacial score (nSPS) is 26.7. The minimum Gasteiger partial charge on any atom is -0.478 e. The van der Waals surface area contributed by atoms with E-state index in [1.54, 1.807) is 6.08 Å². The molecule has 0 spiro atoms. The molecule has 1 saturated carbocycles. The summed E-state index contributed by atoms with van der Waals surface area (Å²) in [6.07, 6.45) is 10.3. The predicted octanol–water partition coefficient (Wildman–Crippen LogP) is 4.71. The fraction of sp³-hybridized carbons (Fsp3) is 0.625. The molecule has 2 aliphatic rings. The first kappa shape index (κ1) is 21.8. The molecule has 2 fully saturated rings. The van der Waals surface area contributed by atoms with Crippen LogP contribution in [0.4, 0.5) is 5.69 Å². The number of carboxylic acid groups (broad SMARTS) is 1. The zero-order chi connectivity index (χ0) is 20.9. The lowest BCUT2D eigenvalue weighted by atomic mass is 9.79. The summed E-state index contributed by atoms with van der Waals surface area (Å²) in [5.41, 5.74) is 3.44. The van der Waals surface area contributed by atoms with Gasteiger partial charge in [0.25, 0.3) is 0 Å². The van der Waals surface area contributed by atoms with Gasteiger partial charge in [-0.3, -0.25) is 4.90 Å². The largest absolute Gasteiger partial charge is 0.478 e. The van der Waals surface area contributed by atoms with E-state index in [9.17, 15) is 4.79 Å². The number of piperidine rings is 1. The minimum absolute atomic E-state index is 0.303. The van der Waals surface area contributed by atoms with E-state index in [1.807, 2.05) is 12.1 Å². The van der Waals surface area contributed by atoms with E-state index in [0.717, 1.165) is 43.8 Å². The maximum Gasteiger partial charge on any atom is 0.328 e. The van der Waals surface area contributed by atoms with Crippen LogP contribution in [0.15, 0.2) is 24.3 Å². The number of hydrogen-bond donors (Lipinski definition) is 2. The summed E-state index contributed by atoms with van der Waals surface area (Å²) in [6.45, 7) is 9.62. The van der Waals surface area contributed by atoms with Crippen LogP contribution < -0.4 is 5.32 Å². The first-order valence-corrected chi connectivity index (χ1v) is 11.0. The Balaban J connectivity index is 1.57. The number of benzene rings is 1. The molecule has 1 saturated heterocycles. The maximum absolute atomic E-state index is 10.9. The molecular weight excluding hydrogens is 364 g/mol. The standard InChI is InChI=1S/C24H36N2O3/c1-4-29-21-9-13-24(3,14-10-21)26-15-11-20(12-16-26)25-22-17-18(2)5-6-19(22)7-8-23(27)28/h5-8,17,20-21,25H,4,9-16H2,1-3H3,(H,27,28)/b8-7+. The van der Waals surface area contributed by atoms with Gasteiger partial charge in [-0.1, -0.05) is 12.1 Å². The molecule has 0 bridgehead atoms. The molecule has 0 radical (unpaired) electrons. The molecule has 5 heteroatoms. The Morgan fingerprint density at radius 2 is 1.97 bits per heavy atom. The van der Waals surface area contributed by atoms with Crippen LogP contribution in [0.5, 0.6) is 0 Å². The van der Waals surface area contributed by atoms with Crippen molar-refractivity contribution in [2.45, 2.75) is 77.0 Å². The summed E-state index contributed by atoms with van der Waals surface area (Å²) in [7, 11) is 0. The first-order chi connectivity index (χ1) is 13.9. The second-order valence-electron chi connectivity index (χ2n) is 8.82. The molecule has 160 valence electrons. The highest BCUT2D eigenvalue weighted by atomic mass is 16.5. The van der Waals surface area contributed by atoms with E-state index in [1.165, 1.54) is 37.3 Å². The van der Waals surface area contributed by atoms with Crippen molar-refractivity contribution in [2.24, 2.45) is 0 Å². The quantitative estimate of drug-likeness (QED) is 0.649. The van der Waals surface area contributed by atoms with Gasteiger partial charge < -0.3 is 15.2 Å². The highest BCUT2D eigenvalue weighted by molar-refractivity contribution is 5.87. The molecule has 1 aromatic carbocycles. The maximum atomic E-state index is 10.9. The van der Waals surface area contributed by atoms with Gasteiger partial charge in [0.15, 0.2) is 0 Å². The average molecular weight is 401 g/mol. The van der Waals surface area contributed by atoms with Crippen LogP contribution in [0.25, 0.3) is 6.08 Å². The van der Waals surface area contributed by atoms with Crippen molar-refractivity contribution in [3.63, 3.8) is 0 Å². The van der Waals surface area contributed by atoms with Crippen LogP contribution in [-0.2, 0) is 9.53 Å². The van der Waals surface area contributed by atoms with Gasteiger partial charge in [-0.15, -0.1) is 0 Å². The topological polar surface area (TPSA) is 61.8 Å². The molecule has 5 nitrogen and oxygen atoms in total. The highest BCUT2D eigenvalue weighted by Crippen LogP contribution is 2.36. The summed E-state index contributed by atoms with van der Waals surface area (Å²) in [6, 6.07) is 6.55. The van der Waals surface area contributed by atoms with Gasteiger partial charge in [0, 0.05) is 43.0 Å². The highest BCUT2D eigenvalue weighted by Gasteiger charge is 2.38. The number of aryl methyl sites for hydroxylation is 1. The van der Waals surface area contributed by atoms with E-state index in [4.69, 9.17) is 9.84 Å². The average Bonchev–Trinajstić information content (AvgIpc) is 2.70. The van der Waals surface area contributed by atoms with Crippen molar-refractivity contribution in [3.05, 3.63) is 35.4 Å². The van der Waals surface area contributed by atoms with E-state index in [-0.39, 0.29) is 0 Å². The van der Waals surface area contributed by atoms with Gasteiger partial charge in [-0.25, -0.2) is 4.79 Å². The number of aliphatic carboxylic acids is 1. The van der Waals surface area contributed by atoms with Crippen molar-refractivity contribution in [2.75, 3.05) is 25.0 Å². The third kappa shape index (κ3) is 5.83. The zero-order valence-electron chi connectivity index (χ0n) is 18.1. The molecule has 2 N–H and O–H groups in total. The van der Waals surface area contributed by atoms with Crippen LogP contribution in [0.1, 0.15) is 63.5 Å². The minimum atomic E-state index is -0.919. The number of hydrogen-bond acceptors (Lipinski definition) is 4. The fourth-order valence-corrected chi connectivity index (χ4v) is 4.82. The van der Waals surface area contributed by atoms with Gasteiger partial charge in [0.2, 0.25) is 0 Å².